The van der Waals surface area contributed by atoms with Gasteiger partial charge in [-0.15, -0.1) is 0 Å². The summed E-state index contributed by atoms with van der Waals surface area (Å²) in [5, 5.41) is 16.7. The first-order valence-corrected chi connectivity index (χ1v) is 5.66. The lowest BCUT2D eigenvalue weighted by Crippen LogP contribution is -2.35. The van der Waals surface area contributed by atoms with Crippen LogP contribution < -0.4 is 10.7 Å². The van der Waals surface area contributed by atoms with Gasteiger partial charge in [-0.05, 0) is 26.3 Å². The number of hydrogen-bond donors (Lipinski definition) is 3. The number of hydrogen-bond acceptors (Lipinski definition) is 6. The minimum absolute atomic E-state index is 0.00644. The zero-order valence-electron chi connectivity index (χ0n) is 11.3. The molecule has 0 aliphatic rings. The summed E-state index contributed by atoms with van der Waals surface area (Å²) in [5.74, 6) is 0. The Labute approximate surface area is 111 Å². The van der Waals surface area contributed by atoms with E-state index in [0.29, 0.717) is 18.8 Å². The number of nitrogens with zero attached hydrogens (tertiary/aromatic N) is 4. The summed E-state index contributed by atoms with van der Waals surface area (Å²) in [6.07, 6.45) is 0.489. The molecule has 0 fully saturated rings. The third-order valence-electron chi connectivity index (χ3n) is 1.59. The van der Waals surface area contributed by atoms with Gasteiger partial charge in [0.25, 0.3) is 0 Å². The van der Waals surface area contributed by atoms with Gasteiger partial charge < -0.3 is 20.9 Å². The molecule has 0 rings (SSSR count). The fourth-order valence-corrected chi connectivity index (χ4v) is 0.909. The lowest BCUT2D eigenvalue weighted by atomic mass is 10.2. The normalized spacial score (nSPS) is 11.2. The van der Waals surface area contributed by atoms with Crippen LogP contribution in [0.4, 0.5) is 4.79 Å². The van der Waals surface area contributed by atoms with Gasteiger partial charge in [-0.3, -0.25) is 0 Å². The van der Waals surface area contributed by atoms with Crippen molar-refractivity contribution in [2.75, 3.05) is 19.6 Å². The van der Waals surface area contributed by atoms with Gasteiger partial charge in [-0.2, -0.15) is 5.10 Å². The van der Waals surface area contributed by atoms with Crippen LogP contribution >= 0.6 is 0 Å². The number of ether oxygens (including phenoxy) is 1. The molecule has 0 radical (unpaired) electrons. The first kappa shape index (κ1) is 16.7. The SMILES string of the molecule is CC(C)(C)OC(=O)NCCN/N=C(\C=N)CN=[N+]=[N-]. The highest BCUT2D eigenvalue weighted by Gasteiger charge is 2.15. The topological polar surface area (TPSA) is 135 Å². The minimum Gasteiger partial charge on any atom is -0.444 e. The Bertz CT molecular complexity index is 380. The van der Waals surface area contributed by atoms with Crippen molar-refractivity contribution in [1.82, 2.24) is 10.7 Å². The Morgan fingerprint density at radius 1 is 1.47 bits per heavy atom. The van der Waals surface area contributed by atoms with Crippen molar-refractivity contribution in [2.45, 2.75) is 26.4 Å². The van der Waals surface area contributed by atoms with Gasteiger partial charge in [-0.1, -0.05) is 5.11 Å². The molecule has 9 nitrogen and oxygen atoms in total. The highest BCUT2D eigenvalue weighted by molar-refractivity contribution is 6.30. The van der Waals surface area contributed by atoms with Crippen LogP contribution in [0.1, 0.15) is 20.8 Å². The maximum atomic E-state index is 11.3. The average molecular weight is 269 g/mol. The maximum Gasteiger partial charge on any atom is 0.407 e. The number of azide groups is 1. The quantitative estimate of drug-likeness (QED) is 0.161. The van der Waals surface area contributed by atoms with E-state index in [1.807, 2.05) is 0 Å². The molecule has 0 unspecified atom stereocenters. The third kappa shape index (κ3) is 10.6. The lowest BCUT2D eigenvalue weighted by Gasteiger charge is -2.19. The summed E-state index contributed by atoms with van der Waals surface area (Å²) in [6.45, 7) is 6.04. The second-order valence-corrected chi connectivity index (χ2v) is 4.47. The molecule has 19 heavy (non-hydrogen) atoms. The number of hydrazone groups is 1. The van der Waals surface area contributed by atoms with Crippen LogP contribution in [0.5, 0.6) is 0 Å². The molecule has 0 bridgehead atoms. The second-order valence-electron chi connectivity index (χ2n) is 4.47. The molecule has 1 amide bonds. The van der Waals surface area contributed by atoms with Gasteiger partial charge in [0.05, 0.1) is 18.8 Å². The zero-order chi connectivity index (χ0) is 14.7. The molecule has 3 N–H and O–H groups in total. The molecule has 0 aromatic heterocycles. The summed E-state index contributed by atoms with van der Waals surface area (Å²) in [6, 6.07) is 0. The van der Waals surface area contributed by atoms with Gasteiger partial charge in [0.2, 0.25) is 0 Å². The van der Waals surface area contributed by atoms with Crippen LogP contribution in [-0.4, -0.2) is 43.3 Å². The standard InChI is InChI=1S/C10H19N7O2/c1-10(2,3)19-9(18)13-4-5-14-16-8(6-11)7-15-17-12/h6,11,14H,4-5,7H2,1-3H3,(H,13,18)/b11-6?,16-8+. The fourth-order valence-electron chi connectivity index (χ4n) is 0.909. The van der Waals surface area contributed by atoms with E-state index in [1.54, 1.807) is 20.8 Å². The summed E-state index contributed by atoms with van der Waals surface area (Å²) in [5.41, 5.74) is 10.5. The summed E-state index contributed by atoms with van der Waals surface area (Å²) >= 11 is 0. The van der Waals surface area contributed by atoms with Crippen LogP contribution in [0.3, 0.4) is 0 Å². The molecule has 0 aliphatic carbocycles. The molecule has 0 saturated heterocycles. The van der Waals surface area contributed by atoms with Crippen LogP contribution in [0, 0.1) is 5.41 Å². The molecule has 0 atom stereocenters. The van der Waals surface area contributed by atoms with Crippen molar-refractivity contribution in [3.63, 3.8) is 0 Å². The number of alkyl carbamates (subject to hydrolysis) is 1. The van der Waals surface area contributed by atoms with E-state index in [9.17, 15) is 4.79 Å². The summed E-state index contributed by atoms with van der Waals surface area (Å²) in [4.78, 5) is 13.8. The van der Waals surface area contributed by atoms with Crippen LogP contribution in [0.2, 0.25) is 0 Å². The Balaban J connectivity index is 3.85. The van der Waals surface area contributed by atoms with Crippen LogP contribution in [0.15, 0.2) is 10.2 Å². The Morgan fingerprint density at radius 2 is 2.16 bits per heavy atom. The first-order valence-electron chi connectivity index (χ1n) is 5.66. The van der Waals surface area contributed by atoms with E-state index in [-0.39, 0.29) is 6.54 Å². The monoisotopic (exact) mass is 269 g/mol. The third-order valence-corrected chi connectivity index (χ3v) is 1.59. The van der Waals surface area contributed by atoms with E-state index in [4.69, 9.17) is 15.7 Å². The Morgan fingerprint density at radius 3 is 2.68 bits per heavy atom. The molecule has 0 spiro atoms. The average Bonchev–Trinajstić information content (AvgIpc) is 2.30. The van der Waals surface area contributed by atoms with Crippen molar-refractivity contribution in [2.24, 2.45) is 10.2 Å². The molecule has 0 saturated carbocycles. The molecule has 0 aromatic carbocycles. The van der Waals surface area contributed by atoms with Gasteiger partial charge in [0, 0.05) is 17.7 Å². The first-order chi connectivity index (χ1) is 8.89. The zero-order valence-corrected chi connectivity index (χ0v) is 11.3. The van der Waals surface area contributed by atoms with Gasteiger partial charge >= 0.3 is 6.09 Å². The minimum atomic E-state index is -0.529. The predicted octanol–water partition coefficient (Wildman–Crippen LogP) is 1.42. The van der Waals surface area contributed by atoms with Crippen molar-refractivity contribution in [3.05, 3.63) is 10.4 Å². The van der Waals surface area contributed by atoms with Gasteiger partial charge in [0.1, 0.15) is 5.60 Å². The van der Waals surface area contributed by atoms with E-state index in [1.165, 1.54) is 0 Å². The number of carbonyl (C=O) groups is 1. The molecular weight excluding hydrogens is 250 g/mol. The van der Waals surface area contributed by atoms with E-state index in [0.717, 1.165) is 6.21 Å². The maximum absolute atomic E-state index is 11.3. The molecule has 0 aliphatic heterocycles. The number of rotatable bonds is 7. The number of amides is 1. The van der Waals surface area contributed by atoms with Crippen LogP contribution in [-0.2, 0) is 4.74 Å². The second kappa shape index (κ2) is 8.76. The molecular formula is C10H19N7O2. The smallest absolute Gasteiger partial charge is 0.407 e. The summed E-state index contributed by atoms with van der Waals surface area (Å²) in [7, 11) is 0. The van der Waals surface area contributed by atoms with Gasteiger partial charge in [-0.25, -0.2) is 4.79 Å². The summed E-state index contributed by atoms with van der Waals surface area (Å²) < 4.78 is 5.03. The van der Waals surface area contributed by atoms with Crippen molar-refractivity contribution >= 4 is 18.0 Å². The van der Waals surface area contributed by atoms with Crippen LogP contribution in [0.25, 0.3) is 10.4 Å². The van der Waals surface area contributed by atoms with E-state index in [2.05, 4.69) is 25.9 Å². The molecule has 0 heterocycles. The van der Waals surface area contributed by atoms with Crippen molar-refractivity contribution in [3.8, 4) is 0 Å². The molecule has 106 valence electrons. The molecule has 9 heteroatoms. The Kier molecular flexibility index (Phi) is 7.71. The lowest BCUT2D eigenvalue weighted by molar-refractivity contribution is 0.0528. The highest BCUT2D eigenvalue weighted by Crippen LogP contribution is 2.05. The predicted molar refractivity (Wildman–Crippen MR) is 72.5 cm³/mol. The Hall–Kier alpha value is -2.28. The molecule has 0 aromatic rings. The van der Waals surface area contributed by atoms with Crippen molar-refractivity contribution < 1.29 is 9.53 Å². The van der Waals surface area contributed by atoms with E-state index < -0.39 is 11.7 Å². The number of carbonyl (C=O) groups excluding carboxylic acids is 1. The van der Waals surface area contributed by atoms with Crippen molar-refractivity contribution in [1.29, 1.82) is 5.41 Å². The largest absolute Gasteiger partial charge is 0.444 e. The fraction of sp³-hybridized carbons (Fsp3) is 0.700. The van der Waals surface area contributed by atoms with E-state index >= 15 is 0 Å². The highest BCUT2D eigenvalue weighted by atomic mass is 16.6. The number of nitrogens with one attached hydrogen (secondary N) is 3. The van der Waals surface area contributed by atoms with Gasteiger partial charge in [0.15, 0.2) is 0 Å².